The molecule has 2 aromatic rings. The molecule has 1 atom stereocenters. The zero-order chi connectivity index (χ0) is 18.5. The quantitative estimate of drug-likeness (QED) is 0.755. The van der Waals surface area contributed by atoms with Crippen molar-refractivity contribution in [1.82, 2.24) is 9.80 Å². The number of rotatable bonds is 6. The SMILES string of the molecule is CCN1CCN(C(=O)c2ccc(C[S@@](=O)Cc3cccc(Cl)c3)o2)CC1. The van der Waals surface area contributed by atoms with Gasteiger partial charge in [-0.1, -0.05) is 30.7 Å². The summed E-state index contributed by atoms with van der Waals surface area (Å²) in [4.78, 5) is 16.7. The lowest BCUT2D eigenvalue weighted by Crippen LogP contribution is -2.48. The molecule has 3 rings (SSSR count). The van der Waals surface area contributed by atoms with E-state index in [0.717, 1.165) is 25.2 Å². The second-order valence-corrected chi connectivity index (χ2v) is 8.24. The van der Waals surface area contributed by atoms with Crippen LogP contribution >= 0.6 is 11.6 Å². The van der Waals surface area contributed by atoms with E-state index in [1.165, 1.54) is 0 Å². The third kappa shape index (κ3) is 4.96. The third-order valence-corrected chi connectivity index (χ3v) is 6.00. The van der Waals surface area contributed by atoms with E-state index in [2.05, 4.69) is 11.8 Å². The highest BCUT2D eigenvalue weighted by atomic mass is 35.5. The van der Waals surface area contributed by atoms with E-state index in [9.17, 15) is 9.00 Å². The van der Waals surface area contributed by atoms with Gasteiger partial charge >= 0.3 is 0 Å². The van der Waals surface area contributed by atoms with Crippen molar-refractivity contribution in [3.8, 4) is 0 Å². The van der Waals surface area contributed by atoms with Crippen molar-refractivity contribution >= 4 is 28.3 Å². The molecular formula is C19H23ClN2O3S. The van der Waals surface area contributed by atoms with Gasteiger partial charge in [-0.25, -0.2) is 0 Å². The van der Waals surface area contributed by atoms with Gasteiger partial charge in [-0.05, 0) is 36.4 Å². The van der Waals surface area contributed by atoms with Gasteiger partial charge in [0, 0.05) is 47.8 Å². The fourth-order valence-electron chi connectivity index (χ4n) is 3.02. The molecule has 0 N–H and O–H groups in total. The number of carbonyl (C=O) groups excluding carboxylic acids is 1. The van der Waals surface area contributed by atoms with E-state index >= 15 is 0 Å². The van der Waals surface area contributed by atoms with Crippen LogP contribution in [-0.4, -0.2) is 52.6 Å². The highest BCUT2D eigenvalue weighted by molar-refractivity contribution is 7.83. The van der Waals surface area contributed by atoms with Gasteiger partial charge in [0.1, 0.15) is 5.76 Å². The lowest BCUT2D eigenvalue weighted by molar-refractivity contribution is 0.0611. The molecule has 1 aromatic heterocycles. The lowest BCUT2D eigenvalue weighted by atomic mass is 10.2. The van der Waals surface area contributed by atoms with Crippen LogP contribution in [0.5, 0.6) is 0 Å². The summed E-state index contributed by atoms with van der Waals surface area (Å²) in [5.74, 6) is 1.49. The maximum absolute atomic E-state index is 12.5. The molecule has 1 saturated heterocycles. The van der Waals surface area contributed by atoms with Crippen LogP contribution in [0.2, 0.25) is 5.02 Å². The summed E-state index contributed by atoms with van der Waals surface area (Å²) in [5.41, 5.74) is 0.924. The zero-order valence-electron chi connectivity index (χ0n) is 14.8. The molecule has 1 aromatic carbocycles. The second kappa shape index (κ2) is 8.84. The van der Waals surface area contributed by atoms with Crippen molar-refractivity contribution in [3.63, 3.8) is 0 Å². The summed E-state index contributed by atoms with van der Waals surface area (Å²) >= 11 is 5.96. The first-order chi connectivity index (χ1) is 12.5. The number of hydrogen-bond donors (Lipinski definition) is 0. The number of amides is 1. The van der Waals surface area contributed by atoms with Gasteiger partial charge in [0.15, 0.2) is 5.76 Å². The number of likely N-dealkylation sites (N-methyl/N-ethyl adjacent to an activating group) is 1. The number of nitrogens with zero attached hydrogens (tertiary/aromatic N) is 2. The molecule has 1 aliphatic heterocycles. The van der Waals surface area contributed by atoms with Crippen molar-refractivity contribution in [2.24, 2.45) is 0 Å². The molecular weight excluding hydrogens is 372 g/mol. The average molecular weight is 395 g/mol. The predicted molar refractivity (Wildman–Crippen MR) is 104 cm³/mol. The molecule has 26 heavy (non-hydrogen) atoms. The van der Waals surface area contributed by atoms with Crippen molar-refractivity contribution < 1.29 is 13.4 Å². The number of piperazine rings is 1. The second-order valence-electron chi connectivity index (χ2n) is 6.35. The molecule has 2 heterocycles. The molecule has 1 fully saturated rings. The lowest BCUT2D eigenvalue weighted by Gasteiger charge is -2.33. The van der Waals surface area contributed by atoms with Crippen molar-refractivity contribution in [2.45, 2.75) is 18.4 Å². The molecule has 0 radical (unpaired) electrons. The van der Waals surface area contributed by atoms with E-state index in [4.69, 9.17) is 16.0 Å². The van der Waals surface area contributed by atoms with Crippen LogP contribution in [-0.2, 0) is 22.3 Å². The molecule has 0 unspecified atom stereocenters. The maximum Gasteiger partial charge on any atom is 0.289 e. The van der Waals surface area contributed by atoms with Gasteiger partial charge in [0.25, 0.3) is 5.91 Å². The number of halogens is 1. The Balaban J connectivity index is 1.56. The summed E-state index contributed by atoms with van der Waals surface area (Å²) in [6.45, 7) is 6.33. The molecule has 0 aliphatic carbocycles. The Bertz CT molecular complexity index is 785. The van der Waals surface area contributed by atoms with Crippen LogP contribution < -0.4 is 0 Å². The van der Waals surface area contributed by atoms with Gasteiger partial charge in [0.2, 0.25) is 0 Å². The highest BCUT2D eigenvalue weighted by Crippen LogP contribution is 2.17. The smallest absolute Gasteiger partial charge is 0.289 e. The monoisotopic (exact) mass is 394 g/mol. The van der Waals surface area contributed by atoms with Gasteiger partial charge in [-0.3, -0.25) is 9.00 Å². The van der Waals surface area contributed by atoms with E-state index in [1.807, 2.05) is 23.1 Å². The number of benzene rings is 1. The fraction of sp³-hybridized carbons (Fsp3) is 0.421. The number of carbonyl (C=O) groups is 1. The Hall–Kier alpha value is -1.63. The molecule has 0 spiro atoms. The minimum Gasteiger partial charge on any atom is -0.455 e. The Morgan fingerprint density at radius 3 is 2.62 bits per heavy atom. The first kappa shape index (κ1) is 19.1. The summed E-state index contributed by atoms with van der Waals surface area (Å²) in [6, 6.07) is 10.8. The van der Waals surface area contributed by atoms with Gasteiger partial charge < -0.3 is 14.2 Å². The molecule has 7 heteroatoms. The molecule has 140 valence electrons. The largest absolute Gasteiger partial charge is 0.455 e. The zero-order valence-corrected chi connectivity index (χ0v) is 16.4. The Labute approximate surface area is 161 Å². The van der Waals surface area contributed by atoms with Crippen molar-refractivity contribution in [2.75, 3.05) is 32.7 Å². The average Bonchev–Trinajstić information content (AvgIpc) is 3.09. The topological polar surface area (TPSA) is 53.8 Å². The standard InChI is InChI=1S/C19H23ClN2O3S/c1-2-21-8-10-22(11-9-21)19(23)18-7-6-17(25-18)14-26(24)13-15-4-3-5-16(20)12-15/h3-7,12H,2,8-11,13-14H2,1H3/t26-/m0/s1. The molecule has 1 amide bonds. The number of furan rings is 1. The first-order valence-corrected chi connectivity index (χ1v) is 10.6. The van der Waals surface area contributed by atoms with Crippen LogP contribution in [0.1, 0.15) is 28.8 Å². The van der Waals surface area contributed by atoms with Crippen molar-refractivity contribution in [3.05, 3.63) is 58.5 Å². The van der Waals surface area contributed by atoms with Gasteiger partial charge in [-0.15, -0.1) is 0 Å². The summed E-state index contributed by atoms with van der Waals surface area (Å²) in [5, 5.41) is 0.633. The molecule has 0 bridgehead atoms. The van der Waals surface area contributed by atoms with Crippen LogP contribution in [0.3, 0.4) is 0 Å². The molecule has 5 nitrogen and oxygen atoms in total. The minimum absolute atomic E-state index is 0.0902. The first-order valence-electron chi connectivity index (χ1n) is 8.75. The van der Waals surface area contributed by atoms with E-state index in [-0.39, 0.29) is 11.7 Å². The predicted octanol–water partition coefficient (Wildman–Crippen LogP) is 3.16. The highest BCUT2D eigenvalue weighted by Gasteiger charge is 2.23. The van der Waals surface area contributed by atoms with E-state index in [1.54, 1.807) is 18.2 Å². The third-order valence-electron chi connectivity index (χ3n) is 4.50. The maximum atomic E-state index is 12.5. The van der Waals surface area contributed by atoms with Crippen molar-refractivity contribution in [1.29, 1.82) is 0 Å². The van der Waals surface area contributed by atoms with E-state index < -0.39 is 10.8 Å². The Morgan fingerprint density at radius 1 is 1.15 bits per heavy atom. The fourth-order valence-corrected chi connectivity index (χ4v) is 4.35. The molecule has 1 aliphatic rings. The number of hydrogen-bond acceptors (Lipinski definition) is 4. The van der Waals surface area contributed by atoms with Gasteiger partial charge in [-0.2, -0.15) is 0 Å². The van der Waals surface area contributed by atoms with Crippen LogP contribution in [0.25, 0.3) is 0 Å². The normalized spacial score (nSPS) is 16.6. The Kier molecular flexibility index (Phi) is 6.51. The summed E-state index contributed by atoms with van der Waals surface area (Å²) in [7, 11) is -1.12. The summed E-state index contributed by atoms with van der Waals surface area (Å²) < 4.78 is 18.0. The van der Waals surface area contributed by atoms with Crippen LogP contribution in [0, 0.1) is 0 Å². The van der Waals surface area contributed by atoms with E-state index in [0.29, 0.717) is 35.4 Å². The van der Waals surface area contributed by atoms with Crippen LogP contribution in [0.15, 0.2) is 40.8 Å². The van der Waals surface area contributed by atoms with Crippen LogP contribution in [0.4, 0.5) is 0 Å². The minimum atomic E-state index is -1.12. The molecule has 0 saturated carbocycles. The summed E-state index contributed by atoms with van der Waals surface area (Å²) in [6.07, 6.45) is 0. The van der Waals surface area contributed by atoms with Gasteiger partial charge in [0.05, 0.1) is 5.75 Å². The Morgan fingerprint density at radius 2 is 1.92 bits per heavy atom.